The monoisotopic (exact) mass is 566 g/mol. The van der Waals surface area contributed by atoms with Crippen molar-refractivity contribution in [1.82, 2.24) is 14.9 Å². The number of nitrogens with one attached hydrogen (secondary N) is 1. The number of amides is 1. The molecule has 1 aromatic heterocycles. The molecule has 2 fully saturated rings. The fourth-order valence-corrected chi connectivity index (χ4v) is 5.63. The fraction of sp³-hybridized carbons (Fsp3) is 0.500. The number of anilines is 1. The Bertz CT molecular complexity index is 1380. The van der Waals surface area contributed by atoms with Gasteiger partial charge in [0.15, 0.2) is 0 Å². The van der Waals surface area contributed by atoms with Crippen molar-refractivity contribution in [2.45, 2.75) is 58.7 Å². The highest BCUT2D eigenvalue weighted by Crippen LogP contribution is 2.57. The highest BCUT2D eigenvalue weighted by molar-refractivity contribution is 6.34. The first-order chi connectivity index (χ1) is 17.8. The van der Waals surface area contributed by atoms with Crippen molar-refractivity contribution in [3.8, 4) is 0 Å². The summed E-state index contributed by atoms with van der Waals surface area (Å²) >= 11 is 13.2. The second-order valence-electron chi connectivity index (χ2n) is 11.4. The maximum Gasteiger partial charge on any atom is 0.403 e. The van der Waals surface area contributed by atoms with Crippen LogP contribution in [0.1, 0.15) is 56.5 Å². The number of halogens is 5. The number of piperidine rings is 1. The van der Waals surface area contributed by atoms with Crippen LogP contribution in [-0.2, 0) is 24.8 Å². The third-order valence-electron chi connectivity index (χ3n) is 8.14. The minimum absolute atomic E-state index is 0.00498. The summed E-state index contributed by atoms with van der Waals surface area (Å²) in [5.74, 6) is -0.188. The average Bonchev–Trinajstić information content (AvgIpc) is 3.61. The Morgan fingerprint density at radius 1 is 1.05 bits per heavy atom. The third kappa shape index (κ3) is 5.09. The van der Waals surface area contributed by atoms with E-state index < -0.39 is 17.5 Å². The van der Waals surface area contributed by atoms with E-state index in [2.05, 4.69) is 30.1 Å². The lowest BCUT2D eigenvalue weighted by molar-refractivity contribution is -0.192. The van der Waals surface area contributed by atoms with Crippen molar-refractivity contribution in [2.24, 2.45) is 17.9 Å². The molecule has 2 heterocycles. The Hall–Kier alpha value is -2.45. The van der Waals surface area contributed by atoms with E-state index in [9.17, 15) is 18.0 Å². The van der Waals surface area contributed by atoms with E-state index in [0.29, 0.717) is 27.4 Å². The minimum atomic E-state index is -4.53. The SMILES string of the molecule is Cn1c(Cc2cc(CNC(=O)C3(C(F)(F)F)CC3)ccc2Cl)nc2cc(Cl)c(N3CCC(C)(C)CC3)cc21. The van der Waals surface area contributed by atoms with Gasteiger partial charge >= 0.3 is 6.18 Å². The predicted octanol–water partition coefficient (Wildman–Crippen LogP) is 7.06. The normalized spacial score (nSPS) is 18.6. The van der Waals surface area contributed by atoms with Crippen LogP contribution >= 0.6 is 23.2 Å². The number of fused-ring (bicyclic) bond motifs is 1. The molecule has 0 bridgehead atoms. The van der Waals surface area contributed by atoms with Crippen molar-refractivity contribution in [2.75, 3.05) is 18.0 Å². The third-order valence-corrected chi connectivity index (χ3v) is 8.81. The maximum absolute atomic E-state index is 13.2. The van der Waals surface area contributed by atoms with Crippen LogP contribution in [0.4, 0.5) is 18.9 Å². The van der Waals surface area contributed by atoms with E-state index in [1.165, 1.54) is 0 Å². The molecule has 2 aromatic carbocycles. The van der Waals surface area contributed by atoms with Gasteiger partial charge < -0.3 is 14.8 Å². The van der Waals surface area contributed by atoms with Crippen LogP contribution in [0.15, 0.2) is 30.3 Å². The van der Waals surface area contributed by atoms with E-state index in [-0.39, 0.29) is 19.4 Å². The molecule has 10 heteroatoms. The Balaban J connectivity index is 1.34. The van der Waals surface area contributed by atoms with Gasteiger partial charge in [0.25, 0.3) is 0 Å². The molecule has 0 unspecified atom stereocenters. The molecular formula is C28H31Cl2F3N4O. The van der Waals surface area contributed by atoms with Crippen LogP contribution in [0.2, 0.25) is 10.0 Å². The summed E-state index contributed by atoms with van der Waals surface area (Å²) in [4.78, 5) is 19.4. The van der Waals surface area contributed by atoms with Crippen molar-refractivity contribution < 1.29 is 18.0 Å². The molecule has 38 heavy (non-hydrogen) atoms. The van der Waals surface area contributed by atoms with Gasteiger partial charge in [0.1, 0.15) is 11.2 Å². The summed E-state index contributed by atoms with van der Waals surface area (Å²) in [6.07, 6.45) is -2.24. The number of carbonyl (C=O) groups excluding carboxylic acids is 1. The molecule has 2 aliphatic rings. The van der Waals surface area contributed by atoms with Crippen LogP contribution < -0.4 is 10.2 Å². The number of alkyl halides is 3. The van der Waals surface area contributed by atoms with E-state index in [1.54, 1.807) is 12.1 Å². The number of benzene rings is 2. The lowest BCUT2D eigenvalue weighted by atomic mass is 9.82. The van der Waals surface area contributed by atoms with Crippen molar-refractivity contribution >= 4 is 45.8 Å². The van der Waals surface area contributed by atoms with E-state index in [0.717, 1.165) is 54.0 Å². The summed E-state index contributed by atoms with van der Waals surface area (Å²) in [5.41, 5.74) is 2.31. The van der Waals surface area contributed by atoms with Crippen LogP contribution in [0.5, 0.6) is 0 Å². The number of rotatable bonds is 6. The van der Waals surface area contributed by atoms with Gasteiger partial charge in [-0.3, -0.25) is 4.79 Å². The molecule has 0 spiro atoms. The van der Waals surface area contributed by atoms with Crippen LogP contribution in [-0.4, -0.2) is 34.7 Å². The first kappa shape index (κ1) is 27.1. The largest absolute Gasteiger partial charge is 0.403 e. The van der Waals surface area contributed by atoms with Crippen LogP contribution in [0.3, 0.4) is 0 Å². The summed E-state index contributed by atoms with van der Waals surface area (Å²) in [6.45, 7) is 6.48. The summed E-state index contributed by atoms with van der Waals surface area (Å²) in [6, 6.07) is 9.21. The van der Waals surface area contributed by atoms with Crippen LogP contribution in [0, 0.1) is 10.8 Å². The van der Waals surface area contributed by atoms with Crippen molar-refractivity contribution in [3.05, 3.63) is 57.3 Å². The summed E-state index contributed by atoms with van der Waals surface area (Å²) < 4.78 is 41.8. The molecule has 1 aliphatic carbocycles. The first-order valence-corrected chi connectivity index (χ1v) is 13.6. The molecule has 1 saturated heterocycles. The molecule has 1 aliphatic heterocycles. The number of aromatic nitrogens is 2. The number of hydrogen-bond donors (Lipinski definition) is 1. The Morgan fingerprint density at radius 3 is 2.37 bits per heavy atom. The first-order valence-electron chi connectivity index (χ1n) is 12.8. The molecule has 1 N–H and O–H groups in total. The Kier molecular flexibility index (Phi) is 6.87. The second-order valence-corrected chi connectivity index (χ2v) is 12.2. The topological polar surface area (TPSA) is 50.2 Å². The molecule has 0 radical (unpaired) electrons. The molecule has 0 atom stereocenters. The zero-order valence-electron chi connectivity index (χ0n) is 21.7. The molecular weight excluding hydrogens is 536 g/mol. The van der Waals surface area contributed by atoms with Gasteiger partial charge in [-0.1, -0.05) is 49.2 Å². The number of nitrogens with zero attached hydrogens (tertiary/aromatic N) is 3. The molecule has 5 nitrogen and oxygen atoms in total. The molecule has 5 rings (SSSR count). The zero-order chi connectivity index (χ0) is 27.5. The number of aryl methyl sites for hydroxylation is 1. The van der Waals surface area contributed by atoms with Gasteiger partial charge in [-0.05, 0) is 60.4 Å². The van der Waals surface area contributed by atoms with Gasteiger partial charge in [-0.25, -0.2) is 4.98 Å². The minimum Gasteiger partial charge on any atom is -0.370 e. The highest BCUT2D eigenvalue weighted by Gasteiger charge is 2.68. The summed E-state index contributed by atoms with van der Waals surface area (Å²) in [5, 5.41) is 3.65. The highest BCUT2D eigenvalue weighted by atomic mass is 35.5. The van der Waals surface area contributed by atoms with Crippen molar-refractivity contribution in [3.63, 3.8) is 0 Å². The molecule has 3 aromatic rings. The number of hydrogen-bond acceptors (Lipinski definition) is 3. The van der Waals surface area contributed by atoms with E-state index >= 15 is 0 Å². The standard InChI is InChI=1S/C28H31Cl2F3N4O/c1-26(2)8-10-37(11-9-26)22-15-23-21(14-20(22)30)35-24(36(23)3)13-18-12-17(4-5-19(18)29)16-34-25(38)27(6-7-27)28(31,32)33/h4-5,12,14-15H,6-11,13,16H2,1-3H3,(H,34,38). The quantitative estimate of drug-likeness (QED) is 0.347. The number of carbonyl (C=O) groups is 1. The lowest BCUT2D eigenvalue weighted by Gasteiger charge is -2.38. The zero-order valence-corrected chi connectivity index (χ0v) is 23.2. The van der Waals surface area contributed by atoms with Gasteiger partial charge in [0.2, 0.25) is 5.91 Å². The fourth-order valence-electron chi connectivity index (χ4n) is 5.16. The molecule has 1 amide bonds. The van der Waals surface area contributed by atoms with E-state index in [1.807, 2.05) is 23.7 Å². The number of imidazole rings is 1. The molecule has 1 saturated carbocycles. The van der Waals surface area contributed by atoms with E-state index in [4.69, 9.17) is 28.2 Å². The second kappa shape index (κ2) is 9.63. The lowest BCUT2D eigenvalue weighted by Crippen LogP contribution is -2.40. The Morgan fingerprint density at radius 2 is 1.74 bits per heavy atom. The van der Waals surface area contributed by atoms with Gasteiger partial charge in [0.05, 0.1) is 21.7 Å². The average molecular weight is 567 g/mol. The smallest absolute Gasteiger partial charge is 0.370 e. The molecule has 204 valence electrons. The van der Waals surface area contributed by atoms with Crippen LogP contribution in [0.25, 0.3) is 11.0 Å². The van der Waals surface area contributed by atoms with Gasteiger partial charge in [0, 0.05) is 38.1 Å². The maximum atomic E-state index is 13.2. The van der Waals surface area contributed by atoms with Gasteiger partial charge in [-0.2, -0.15) is 13.2 Å². The Labute approximate surface area is 230 Å². The van der Waals surface area contributed by atoms with Crippen molar-refractivity contribution in [1.29, 1.82) is 0 Å². The predicted molar refractivity (Wildman–Crippen MR) is 145 cm³/mol. The van der Waals surface area contributed by atoms with Gasteiger partial charge in [-0.15, -0.1) is 0 Å². The summed E-state index contributed by atoms with van der Waals surface area (Å²) in [7, 11) is 1.95.